The van der Waals surface area contributed by atoms with Crippen LogP contribution in [0.2, 0.25) is 0 Å². The van der Waals surface area contributed by atoms with Crippen molar-refractivity contribution in [2.75, 3.05) is 0 Å². The Labute approximate surface area is 95.9 Å². The SMILES string of the molecule is CC(C)(O)c1ccc2c(I)cnn2c1. The number of halogens is 1. The number of hydrogen-bond donors (Lipinski definition) is 1. The molecule has 1 N–H and O–H groups in total. The zero-order valence-electron chi connectivity index (χ0n) is 8.03. The van der Waals surface area contributed by atoms with Crippen LogP contribution in [-0.4, -0.2) is 14.7 Å². The smallest absolute Gasteiger partial charge is 0.0855 e. The highest BCUT2D eigenvalue weighted by Gasteiger charge is 2.16. The van der Waals surface area contributed by atoms with Crippen LogP contribution >= 0.6 is 22.6 Å². The van der Waals surface area contributed by atoms with Gasteiger partial charge in [0.15, 0.2) is 0 Å². The average Bonchev–Trinajstić information content (AvgIpc) is 2.46. The predicted octanol–water partition coefficient (Wildman–Crippen LogP) is 2.17. The Kier molecular flexibility index (Phi) is 2.27. The molecule has 0 aromatic carbocycles. The fraction of sp³-hybridized carbons (Fsp3) is 0.300. The average molecular weight is 302 g/mol. The van der Waals surface area contributed by atoms with Gasteiger partial charge in [-0.15, -0.1) is 0 Å². The van der Waals surface area contributed by atoms with Gasteiger partial charge in [0.25, 0.3) is 0 Å². The van der Waals surface area contributed by atoms with Gasteiger partial charge in [-0.05, 0) is 42.5 Å². The molecule has 0 aliphatic heterocycles. The van der Waals surface area contributed by atoms with E-state index in [1.807, 2.05) is 24.5 Å². The summed E-state index contributed by atoms with van der Waals surface area (Å²) in [4.78, 5) is 0. The first-order chi connectivity index (χ1) is 6.48. The molecule has 14 heavy (non-hydrogen) atoms. The van der Waals surface area contributed by atoms with Crippen molar-refractivity contribution in [2.24, 2.45) is 0 Å². The lowest BCUT2D eigenvalue weighted by Crippen LogP contribution is -2.16. The van der Waals surface area contributed by atoms with Crippen LogP contribution in [0.25, 0.3) is 5.52 Å². The van der Waals surface area contributed by atoms with Crippen molar-refractivity contribution in [3.05, 3.63) is 33.7 Å². The third kappa shape index (κ3) is 1.64. The highest BCUT2D eigenvalue weighted by atomic mass is 127. The van der Waals surface area contributed by atoms with Gasteiger partial charge >= 0.3 is 0 Å². The molecular formula is C10H11IN2O. The topological polar surface area (TPSA) is 37.5 Å². The van der Waals surface area contributed by atoms with Gasteiger partial charge in [0, 0.05) is 11.8 Å². The lowest BCUT2D eigenvalue weighted by molar-refractivity contribution is 0.0780. The zero-order valence-corrected chi connectivity index (χ0v) is 10.2. The Morgan fingerprint density at radius 2 is 2.14 bits per heavy atom. The summed E-state index contributed by atoms with van der Waals surface area (Å²) in [5.41, 5.74) is 1.12. The van der Waals surface area contributed by atoms with Crippen LogP contribution in [0.15, 0.2) is 24.5 Å². The standard InChI is InChI=1S/C10H11IN2O/c1-10(2,14)7-3-4-9-8(11)5-12-13(9)6-7/h3-6,14H,1-2H3. The van der Waals surface area contributed by atoms with E-state index >= 15 is 0 Å². The fourth-order valence-electron chi connectivity index (χ4n) is 1.31. The maximum absolute atomic E-state index is 9.81. The molecule has 2 aromatic rings. The first-order valence-electron chi connectivity index (χ1n) is 4.34. The largest absolute Gasteiger partial charge is 0.386 e. The molecule has 3 nitrogen and oxygen atoms in total. The zero-order chi connectivity index (χ0) is 10.3. The molecule has 0 spiro atoms. The number of aromatic nitrogens is 2. The van der Waals surface area contributed by atoms with Crippen molar-refractivity contribution in [1.29, 1.82) is 0 Å². The van der Waals surface area contributed by atoms with Crippen LogP contribution in [0.3, 0.4) is 0 Å². The summed E-state index contributed by atoms with van der Waals surface area (Å²) in [6.07, 6.45) is 3.67. The minimum atomic E-state index is -0.814. The molecule has 2 aromatic heterocycles. The van der Waals surface area contributed by atoms with Gasteiger partial charge in [-0.25, -0.2) is 4.52 Å². The van der Waals surface area contributed by atoms with Gasteiger partial charge in [-0.3, -0.25) is 0 Å². The fourth-order valence-corrected chi connectivity index (χ4v) is 1.87. The molecular weight excluding hydrogens is 291 g/mol. The maximum atomic E-state index is 9.81. The van der Waals surface area contributed by atoms with Crippen LogP contribution in [0.4, 0.5) is 0 Å². The van der Waals surface area contributed by atoms with Crippen LogP contribution in [0.5, 0.6) is 0 Å². The molecule has 0 bridgehead atoms. The van der Waals surface area contributed by atoms with Crippen LogP contribution in [0, 0.1) is 3.57 Å². The minimum Gasteiger partial charge on any atom is -0.386 e. The van der Waals surface area contributed by atoms with Crippen LogP contribution in [0.1, 0.15) is 19.4 Å². The summed E-state index contributed by atoms with van der Waals surface area (Å²) in [6, 6.07) is 3.90. The third-order valence-corrected chi connectivity index (χ3v) is 3.01. The van der Waals surface area contributed by atoms with E-state index in [1.165, 1.54) is 0 Å². The number of aliphatic hydroxyl groups is 1. The Hall–Kier alpha value is -0.620. The molecule has 0 fully saturated rings. The van der Waals surface area contributed by atoms with Crippen molar-refractivity contribution < 1.29 is 5.11 Å². The summed E-state index contributed by atoms with van der Waals surface area (Å²) in [5, 5.41) is 14.0. The molecule has 0 saturated carbocycles. The Morgan fingerprint density at radius 1 is 1.43 bits per heavy atom. The first-order valence-corrected chi connectivity index (χ1v) is 5.42. The van der Waals surface area contributed by atoms with Gasteiger partial charge in [-0.2, -0.15) is 5.10 Å². The Morgan fingerprint density at radius 3 is 2.79 bits per heavy atom. The second-order valence-corrected chi connectivity index (χ2v) is 4.96. The summed E-state index contributed by atoms with van der Waals surface area (Å²) in [5.74, 6) is 0. The van der Waals surface area contributed by atoms with Gasteiger partial charge in [0.1, 0.15) is 0 Å². The van der Waals surface area contributed by atoms with Crippen LogP contribution in [-0.2, 0) is 5.60 Å². The lowest BCUT2D eigenvalue weighted by atomic mass is 10.0. The van der Waals surface area contributed by atoms with E-state index in [-0.39, 0.29) is 0 Å². The normalized spacial score (nSPS) is 12.3. The van der Waals surface area contributed by atoms with E-state index in [0.29, 0.717) is 0 Å². The van der Waals surface area contributed by atoms with E-state index in [0.717, 1.165) is 14.7 Å². The minimum absolute atomic E-state index is 0.814. The number of fused-ring (bicyclic) bond motifs is 1. The molecule has 0 atom stereocenters. The molecule has 0 unspecified atom stereocenters. The molecule has 2 heterocycles. The summed E-state index contributed by atoms with van der Waals surface area (Å²) in [7, 11) is 0. The third-order valence-electron chi connectivity index (χ3n) is 2.18. The molecule has 0 amide bonds. The van der Waals surface area contributed by atoms with E-state index in [1.54, 1.807) is 18.4 Å². The Bertz CT molecular complexity index is 470. The van der Waals surface area contributed by atoms with E-state index in [2.05, 4.69) is 27.7 Å². The molecule has 4 heteroatoms. The van der Waals surface area contributed by atoms with Crippen molar-refractivity contribution in [3.8, 4) is 0 Å². The number of nitrogens with zero attached hydrogens (tertiary/aromatic N) is 2. The molecule has 0 aliphatic rings. The van der Waals surface area contributed by atoms with Crippen LogP contribution < -0.4 is 0 Å². The first kappa shape index (κ1) is 9.92. The molecule has 0 saturated heterocycles. The molecule has 74 valence electrons. The highest BCUT2D eigenvalue weighted by molar-refractivity contribution is 14.1. The van der Waals surface area contributed by atoms with Crippen molar-refractivity contribution in [3.63, 3.8) is 0 Å². The van der Waals surface area contributed by atoms with E-state index in [9.17, 15) is 5.11 Å². The molecule has 0 aliphatic carbocycles. The van der Waals surface area contributed by atoms with Crippen molar-refractivity contribution >= 4 is 28.1 Å². The van der Waals surface area contributed by atoms with E-state index in [4.69, 9.17) is 0 Å². The quantitative estimate of drug-likeness (QED) is 0.820. The number of hydrogen-bond acceptors (Lipinski definition) is 2. The highest BCUT2D eigenvalue weighted by Crippen LogP contribution is 2.21. The number of rotatable bonds is 1. The van der Waals surface area contributed by atoms with Gasteiger partial charge in [-0.1, -0.05) is 6.07 Å². The second-order valence-electron chi connectivity index (χ2n) is 3.80. The van der Waals surface area contributed by atoms with Crippen molar-refractivity contribution in [2.45, 2.75) is 19.4 Å². The van der Waals surface area contributed by atoms with Gasteiger partial charge in [0.2, 0.25) is 0 Å². The maximum Gasteiger partial charge on any atom is 0.0855 e. The monoisotopic (exact) mass is 302 g/mol. The van der Waals surface area contributed by atoms with Gasteiger partial charge in [0.05, 0.1) is 20.9 Å². The predicted molar refractivity (Wildman–Crippen MR) is 63.2 cm³/mol. The Balaban J connectivity index is 2.63. The summed E-state index contributed by atoms with van der Waals surface area (Å²) in [6.45, 7) is 3.53. The second kappa shape index (κ2) is 3.20. The van der Waals surface area contributed by atoms with E-state index < -0.39 is 5.60 Å². The lowest BCUT2D eigenvalue weighted by Gasteiger charge is -2.17. The molecule has 2 rings (SSSR count). The van der Waals surface area contributed by atoms with Gasteiger partial charge < -0.3 is 5.11 Å². The van der Waals surface area contributed by atoms with Crippen molar-refractivity contribution in [1.82, 2.24) is 9.61 Å². The summed E-state index contributed by atoms with van der Waals surface area (Å²) >= 11 is 2.24. The summed E-state index contributed by atoms with van der Waals surface area (Å²) < 4.78 is 2.90. The number of pyridine rings is 1. The molecule has 0 radical (unpaired) electrons.